The maximum Gasteiger partial charge on any atom is 0.244 e. The number of aromatic nitrogens is 1. The van der Waals surface area contributed by atoms with Gasteiger partial charge in [0.05, 0.1) is 17.5 Å². The number of carbonyl (C=O) groups excluding carboxylic acids is 2. The molecule has 2 atom stereocenters. The molecule has 2 aliphatic carbocycles. The fourth-order valence-electron chi connectivity index (χ4n) is 7.82. The topological polar surface area (TPSA) is 65.5 Å². The molecule has 2 fully saturated rings. The summed E-state index contributed by atoms with van der Waals surface area (Å²) in [7, 11) is 1.94. The quantitative estimate of drug-likeness (QED) is 0.458. The van der Waals surface area contributed by atoms with Crippen LogP contribution in [-0.2, 0) is 33.4 Å². The second-order valence-electron chi connectivity index (χ2n) is 12.5. The lowest BCUT2D eigenvalue weighted by atomic mass is 9.78. The van der Waals surface area contributed by atoms with Crippen LogP contribution in [0.2, 0.25) is 0 Å². The number of hydrogen-bond acceptors (Lipinski definition) is 4. The predicted molar refractivity (Wildman–Crippen MR) is 155 cm³/mol. The van der Waals surface area contributed by atoms with Gasteiger partial charge in [-0.05, 0) is 86.7 Å². The molecular weight excluding hydrogens is 533 g/mol. The number of fused-ring (bicyclic) bond motifs is 3. The van der Waals surface area contributed by atoms with Crippen LogP contribution in [0.15, 0.2) is 54.7 Å². The molecule has 0 bridgehead atoms. The van der Waals surface area contributed by atoms with Gasteiger partial charge in [-0.25, -0.2) is 13.8 Å². The summed E-state index contributed by atoms with van der Waals surface area (Å²) >= 11 is 0. The molecule has 0 unspecified atom stereocenters. The Labute approximate surface area is 244 Å². The number of benzene rings is 2. The lowest BCUT2D eigenvalue weighted by Crippen LogP contribution is -2.70. The highest BCUT2D eigenvalue weighted by Gasteiger charge is 2.56. The van der Waals surface area contributed by atoms with Gasteiger partial charge in [-0.3, -0.25) is 14.5 Å². The number of nitrogens with zero attached hydrogens (tertiary/aromatic N) is 3. The molecule has 6 nitrogen and oxygen atoms in total. The molecule has 4 aliphatic rings. The summed E-state index contributed by atoms with van der Waals surface area (Å²) < 4.78 is 28.7. The number of carbonyl (C=O) groups is 2. The number of rotatable bonds is 2. The SMILES string of the molecule is C[C@@]1(c2cc(F)cc(F)c2)CN([11CH3])C2(CCCC2)C(=O)N1CC#Cc1ccc2c(c1)C[C@@]1(C2)C(=O)Nc2ncccc21. The van der Waals surface area contributed by atoms with E-state index in [0.717, 1.165) is 54.0 Å². The van der Waals surface area contributed by atoms with Gasteiger partial charge in [0, 0.05) is 29.9 Å². The van der Waals surface area contributed by atoms with E-state index in [2.05, 4.69) is 27.0 Å². The van der Waals surface area contributed by atoms with E-state index in [1.807, 2.05) is 44.3 Å². The van der Waals surface area contributed by atoms with Gasteiger partial charge in [0.15, 0.2) is 0 Å². The largest absolute Gasteiger partial charge is 0.319 e. The average molecular weight is 566 g/mol. The van der Waals surface area contributed by atoms with Gasteiger partial charge < -0.3 is 10.2 Å². The van der Waals surface area contributed by atoms with Gasteiger partial charge >= 0.3 is 0 Å². The van der Waals surface area contributed by atoms with Crippen molar-refractivity contribution in [3.05, 3.63) is 94.2 Å². The number of halogens is 2. The Morgan fingerprint density at radius 1 is 1.00 bits per heavy atom. The van der Waals surface area contributed by atoms with Crippen molar-refractivity contribution < 1.29 is 18.4 Å². The third-order valence-corrected chi connectivity index (χ3v) is 10.1. The molecule has 2 amide bonds. The van der Waals surface area contributed by atoms with E-state index in [1.54, 1.807) is 11.1 Å². The molecule has 1 aromatic heterocycles. The predicted octanol–water partition coefficient (Wildman–Crippen LogP) is 4.70. The first-order chi connectivity index (χ1) is 20.1. The van der Waals surface area contributed by atoms with Crippen molar-refractivity contribution in [3.8, 4) is 11.8 Å². The van der Waals surface area contributed by atoms with Crippen molar-refractivity contribution in [2.45, 2.75) is 61.9 Å². The maximum absolute atomic E-state index is 14.4. The number of likely N-dealkylation sites (N-methyl/N-ethyl adjacent to an activating group) is 1. The summed E-state index contributed by atoms with van der Waals surface area (Å²) in [6.45, 7) is 2.45. The monoisotopic (exact) mass is 565 g/mol. The van der Waals surface area contributed by atoms with Gasteiger partial charge in [-0.15, -0.1) is 0 Å². The van der Waals surface area contributed by atoms with E-state index in [1.165, 1.54) is 12.1 Å². The molecule has 1 N–H and O–H groups in total. The fourth-order valence-corrected chi connectivity index (χ4v) is 7.82. The first-order valence-electron chi connectivity index (χ1n) is 14.5. The molecule has 2 aliphatic heterocycles. The second kappa shape index (κ2) is 9.47. The van der Waals surface area contributed by atoms with Crippen LogP contribution in [0, 0.1) is 23.5 Å². The first-order valence-corrected chi connectivity index (χ1v) is 14.5. The molecule has 0 radical (unpaired) electrons. The lowest BCUT2D eigenvalue weighted by molar-refractivity contribution is -0.161. The Hall–Kier alpha value is -4.09. The van der Waals surface area contributed by atoms with Crippen molar-refractivity contribution in [2.75, 3.05) is 25.5 Å². The lowest BCUT2D eigenvalue weighted by Gasteiger charge is -2.55. The number of nitrogens with one attached hydrogen (secondary N) is 1. The van der Waals surface area contributed by atoms with Crippen LogP contribution >= 0.6 is 0 Å². The zero-order valence-electron chi connectivity index (χ0n) is 23.8. The highest BCUT2D eigenvalue weighted by molar-refractivity contribution is 6.06. The third-order valence-electron chi connectivity index (χ3n) is 10.1. The molecule has 2 spiro atoms. The summed E-state index contributed by atoms with van der Waals surface area (Å²) in [5.74, 6) is 5.68. The highest BCUT2D eigenvalue weighted by Crippen LogP contribution is 2.47. The van der Waals surface area contributed by atoms with Gasteiger partial charge in [0.2, 0.25) is 11.8 Å². The third kappa shape index (κ3) is 3.90. The number of hydrogen-bond donors (Lipinski definition) is 1. The molecule has 8 heteroatoms. The van der Waals surface area contributed by atoms with Gasteiger partial charge in [-0.2, -0.15) is 0 Å². The van der Waals surface area contributed by atoms with Crippen LogP contribution in [0.25, 0.3) is 0 Å². The Morgan fingerprint density at radius 2 is 1.74 bits per heavy atom. The van der Waals surface area contributed by atoms with E-state index in [0.29, 0.717) is 30.8 Å². The van der Waals surface area contributed by atoms with E-state index in [9.17, 15) is 18.4 Å². The summed E-state index contributed by atoms with van der Waals surface area (Å²) in [6, 6.07) is 13.3. The molecule has 1 saturated carbocycles. The highest BCUT2D eigenvalue weighted by atomic mass is 19.1. The van der Waals surface area contributed by atoms with Crippen LogP contribution in [0.5, 0.6) is 0 Å². The van der Waals surface area contributed by atoms with E-state index < -0.39 is 28.1 Å². The van der Waals surface area contributed by atoms with E-state index in [-0.39, 0.29) is 18.4 Å². The minimum atomic E-state index is -0.959. The molecule has 2 aromatic carbocycles. The molecule has 3 aromatic rings. The van der Waals surface area contributed by atoms with Crippen LogP contribution in [0.4, 0.5) is 14.6 Å². The summed E-state index contributed by atoms with van der Waals surface area (Å²) in [5.41, 5.74) is 2.12. The number of amides is 2. The van der Waals surface area contributed by atoms with E-state index >= 15 is 0 Å². The standard InChI is InChI=1S/C34H32F2N4O2/c1-32(25-16-26(35)18-27(36)17-25)21-39(2)34(11-3-4-12-34)31(42)40(32)14-6-7-22-9-10-23-19-33(20-24(23)15-22)28-8-5-13-37-29(28)38-30(33)41/h5,8-10,13,15-18H,3-4,11-12,14,19-21H2,1-2H3,(H,37,38,41)/t32-,33+/m0/s1/i2-1. The van der Waals surface area contributed by atoms with Crippen molar-refractivity contribution in [1.82, 2.24) is 14.8 Å². The number of anilines is 1. The first kappa shape index (κ1) is 26.8. The average Bonchev–Trinajstić information content (AvgIpc) is 3.66. The number of pyridine rings is 1. The van der Waals surface area contributed by atoms with Crippen LogP contribution in [-0.4, -0.2) is 52.3 Å². The van der Waals surface area contributed by atoms with Crippen molar-refractivity contribution >= 4 is 17.6 Å². The minimum absolute atomic E-state index is 0.0254. The van der Waals surface area contributed by atoms with Crippen LogP contribution in [0.1, 0.15) is 60.4 Å². The summed E-state index contributed by atoms with van der Waals surface area (Å²) in [4.78, 5) is 35.4. The Kier molecular flexibility index (Phi) is 6.04. The van der Waals surface area contributed by atoms with Gasteiger partial charge in [-0.1, -0.05) is 36.8 Å². The zero-order chi connectivity index (χ0) is 29.3. The Balaban J connectivity index is 1.19. The molecule has 7 rings (SSSR count). The van der Waals surface area contributed by atoms with E-state index in [4.69, 9.17) is 0 Å². The van der Waals surface area contributed by atoms with Gasteiger partial charge in [0.1, 0.15) is 23.0 Å². The number of piperazine rings is 1. The van der Waals surface area contributed by atoms with Crippen molar-refractivity contribution in [3.63, 3.8) is 0 Å². The van der Waals surface area contributed by atoms with Crippen molar-refractivity contribution in [1.29, 1.82) is 0 Å². The zero-order valence-corrected chi connectivity index (χ0v) is 23.8. The van der Waals surface area contributed by atoms with Crippen molar-refractivity contribution in [2.24, 2.45) is 0 Å². The Bertz CT molecular complexity index is 1680. The summed E-state index contributed by atoms with van der Waals surface area (Å²) in [6.07, 6.45) is 6.33. The molecular formula is C34H32F2N4O2. The normalized spacial score (nSPS) is 25.9. The smallest absolute Gasteiger partial charge is 0.244 e. The van der Waals surface area contributed by atoms with Gasteiger partial charge in [0.25, 0.3) is 0 Å². The fraction of sp³-hybridized carbons (Fsp3) is 0.382. The maximum atomic E-state index is 14.4. The Morgan fingerprint density at radius 3 is 2.50 bits per heavy atom. The molecule has 214 valence electrons. The summed E-state index contributed by atoms with van der Waals surface area (Å²) in [5, 5.41) is 2.94. The second-order valence-corrected chi connectivity index (χ2v) is 12.5. The van der Waals surface area contributed by atoms with Crippen LogP contribution in [0.3, 0.4) is 0 Å². The molecule has 1 saturated heterocycles. The molecule has 3 heterocycles. The van der Waals surface area contributed by atoms with Crippen LogP contribution < -0.4 is 5.32 Å². The minimum Gasteiger partial charge on any atom is -0.319 e. The molecule has 42 heavy (non-hydrogen) atoms.